The fraction of sp³-hybridized carbons (Fsp3) is 0.600. The van der Waals surface area contributed by atoms with Crippen LogP contribution in [0.2, 0.25) is 0 Å². The van der Waals surface area contributed by atoms with Crippen LogP contribution in [0.1, 0.15) is 31.7 Å². The van der Waals surface area contributed by atoms with Crippen molar-refractivity contribution in [3.63, 3.8) is 0 Å². The molecule has 1 fully saturated rings. The van der Waals surface area contributed by atoms with Gasteiger partial charge in [0.2, 0.25) is 0 Å². The van der Waals surface area contributed by atoms with Gasteiger partial charge in [0.1, 0.15) is 0 Å². The number of benzene rings is 1. The van der Waals surface area contributed by atoms with E-state index in [4.69, 9.17) is 0 Å². The van der Waals surface area contributed by atoms with Crippen LogP contribution in [0.4, 0.5) is 0 Å². The lowest BCUT2D eigenvalue weighted by Gasteiger charge is -2.22. The molecular weight excluding hydrogens is 226 g/mol. The summed E-state index contributed by atoms with van der Waals surface area (Å²) < 4.78 is 0. The Morgan fingerprint density at radius 1 is 1.35 bits per heavy atom. The van der Waals surface area contributed by atoms with Crippen LogP contribution in [0, 0.1) is 5.41 Å². The van der Waals surface area contributed by atoms with Crippen molar-refractivity contribution >= 4 is 11.8 Å². The second-order valence-corrected chi connectivity index (χ2v) is 7.26. The van der Waals surface area contributed by atoms with Gasteiger partial charge in [-0.15, -0.1) is 11.8 Å². The highest BCUT2D eigenvalue weighted by molar-refractivity contribution is 7.99. The van der Waals surface area contributed by atoms with Crippen LogP contribution in [-0.2, 0) is 0 Å². The van der Waals surface area contributed by atoms with Gasteiger partial charge in [-0.25, -0.2) is 0 Å². The SMILES string of the molecule is CC1(C)CCN(CC2CSc3ccccc32)C1. The van der Waals surface area contributed by atoms with E-state index in [1.807, 2.05) is 11.8 Å². The maximum atomic E-state index is 2.66. The number of hydrogen-bond donors (Lipinski definition) is 0. The van der Waals surface area contributed by atoms with Crippen LogP contribution in [0.15, 0.2) is 29.2 Å². The molecule has 1 atom stereocenters. The minimum Gasteiger partial charge on any atom is -0.302 e. The summed E-state index contributed by atoms with van der Waals surface area (Å²) in [6.07, 6.45) is 1.36. The number of fused-ring (bicyclic) bond motifs is 1. The predicted molar refractivity (Wildman–Crippen MR) is 74.7 cm³/mol. The molecule has 2 aliphatic rings. The molecule has 0 bridgehead atoms. The molecule has 1 nitrogen and oxygen atoms in total. The fourth-order valence-corrected chi connectivity index (χ4v) is 4.31. The van der Waals surface area contributed by atoms with Crippen molar-refractivity contribution in [2.24, 2.45) is 5.41 Å². The maximum Gasteiger partial charge on any atom is 0.0108 e. The van der Waals surface area contributed by atoms with Crippen molar-refractivity contribution in [2.75, 3.05) is 25.4 Å². The molecular formula is C15H21NS. The summed E-state index contributed by atoms with van der Waals surface area (Å²) in [6, 6.07) is 8.94. The lowest BCUT2D eigenvalue weighted by molar-refractivity contribution is 0.280. The van der Waals surface area contributed by atoms with Crippen molar-refractivity contribution in [1.29, 1.82) is 0 Å². The molecule has 1 saturated heterocycles. The van der Waals surface area contributed by atoms with Crippen LogP contribution >= 0.6 is 11.8 Å². The molecule has 1 unspecified atom stereocenters. The third-order valence-corrected chi connectivity index (χ3v) is 5.29. The molecule has 0 N–H and O–H groups in total. The van der Waals surface area contributed by atoms with Crippen molar-refractivity contribution in [3.05, 3.63) is 29.8 Å². The highest BCUT2D eigenvalue weighted by Crippen LogP contribution is 2.40. The molecule has 0 aliphatic carbocycles. The fourth-order valence-electron chi connectivity index (χ4n) is 3.07. The van der Waals surface area contributed by atoms with Crippen LogP contribution in [0.25, 0.3) is 0 Å². The molecule has 17 heavy (non-hydrogen) atoms. The average Bonchev–Trinajstić information content (AvgIpc) is 2.84. The number of nitrogens with zero attached hydrogens (tertiary/aromatic N) is 1. The molecule has 0 amide bonds. The van der Waals surface area contributed by atoms with E-state index in [0.717, 1.165) is 5.92 Å². The van der Waals surface area contributed by atoms with Crippen molar-refractivity contribution < 1.29 is 0 Å². The maximum absolute atomic E-state index is 2.66. The average molecular weight is 247 g/mol. The van der Waals surface area contributed by atoms with Crippen LogP contribution in [0.5, 0.6) is 0 Å². The van der Waals surface area contributed by atoms with Gasteiger partial charge >= 0.3 is 0 Å². The van der Waals surface area contributed by atoms with E-state index in [1.165, 1.54) is 36.7 Å². The van der Waals surface area contributed by atoms with E-state index in [0.29, 0.717) is 5.41 Å². The third kappa shape index (κ3) is 2.38. The van der Waals surface area contributed by atoms with E-state index < -0.39 is 0 Å². The van der Waals surface area contributed by atoms with E-state index >= 15 is 0 Å². The molecule has 2 aliphatic heterocycles. The first kappa shape index (κ1) is 11.6. The smallest absolute Gasteiger partial charge is 0.0108 e. The summed E-state index contributed by atoms with van der Waals surface area (Å²) in [7, 11) is 0. The Morgan fingerprint density at radius 2 is 2.18 bits per heavy atom. The van der Waals surface area contributed by atoms with Crippen LogP contribution < -0.4 is 0 Å². The van der Waals surface area contributed by atoms with Crippen LogP contribution in [-0.4, -0.2) is 30.3 Å². The largest absolute Gasteiger partial charge is 0.302 e. The third-order valence-electron chi connectivity index (χ3n) is 4.03. The Labute approximate surface area is 109 Å². The molecule has 0 saturated carbocycles. The number of thioether (sulfide) groups is 1. The van der Waals surface area contributed by atoms with E-state index in [9.17, 15) is 0 Å². The molecule has 0 spiro atoms. The standard InChI is InChI=1S/C15H21NS/c1-15(2)7-8-16(11-15)9-12-10-17-14-6-4-3-5-13(12)14/h3-6,12H,7-11H2,1-2H3. The van der Waals surface area contributed by atoms with Gasteiger partial charge in [0.25, 0.3) is 0 Å². The molecule has 92 valence electrons. The highest BCUT2D eigenvalue weighted by atomic mass is 32.2. The first-order valence-corrected chi connectivity index (χ1v) is 7.57. The summed E-state index contributed by atoms with van der Waals surface area (Å²) in [4.78, 5) is 4.17. The summed E-state index contributed by atoms with van der Waals surface area (Å²) in [6.45, 7) is 8.61. The molecule has 2 heterocycles. The predicted octanol–water partition coefficient (Wildman–Crippen LogP) is 3.61. The molecule has 2 heteroatoms. The summed E-state index contributed by atoms with van der Waals surface area (Å²) in [5.41, 5.74) is 2.12. The zero-order chi connectivity index (χ0) is 11.9. The van der Waals surface area contributed by atoms with Gasteiger partial charge in [-0.1, -0.05) is 32.0 Å². The van der Waals surface area contributed by atoms with Gasteiger partial charge in [0.05, 0.1) is 0 Å². The van der Waals surface area contributed by atoms with E-state index in [1.54, 1.807) is 5.56 Å². The van der Waals surface area contributed by atoms with Gasteiger partial charge in [-0.2, -0.15) is 0 Å². The Morgan fingerprint density at radius 3 is 2.94 bits per heavy atom. The number of hydrogen-bond acceptors (Lipinski definition) is 2. The van der Waals surface area contributed by atoms with Crippen LogP contribution in [0.3, 0.4) is 0 Å². The monoisotopic (exact) mass is 247 g/mol. The second-order valence-electron chi connectivity index (χ2n) is 6.20. The number of rotatable bonds is 2. The Hall–Kier alpha value is -0.470. The minimum atomic E-state index is 0.533. The normalized spacial score (nSPS) is 27.3. The van der Waals surface area contributed by atoms with Crippen molar-refractivity contribution in [3.8, 4) is 0 Å². The Kier molecular flexibility index (Phi) is 2.95. The molecule has 1 aromatic carbocycles. The quantitative estimate of drug-likeness (QED) is 0.785. The topological polar surface area (TPSA) is 3.24 Å². The molecule has 0 aromatic heterocycles. The summed E-state index contributed by atoms with van der Waals surface area (Å²) in [5.74, 6) is 2.03. The lowest BCUT2D eigenvalue weighted by Crippen LogP contribution is -2.28. The van der Waals surface area contributed by atoms with Gasteiger partial charge in [0.15, 0.2) is 0 Å². The Bertz CT molecular complexity index is 413. The molecule has 1 aromatic rings. The first-order valence-electron chi connectivity index (χ1n) is 6.58. The van der Waals surface area contributed by atoms with Gasteiger partial charge in [-0.3, -0.25) is 0 Å². The zero-order valence-electron chi connectivity index (χ0n) is 10.8. The Balaban J connectivity index is 1.68. The highest BCUT2D eigenvalue weighted by Gasteiger charge is 2.32. The van der Waals surface area contributed by atoms with E-state index in [-0.39, 0.29) is 0 Å². The molecule has 3 rings (SSSR count). The molecule has 0 radical (unpaired) electrons. The van der Waals surface area contributed by atoms with Gasteiger partial charge in [0, 0.05) is 29.7 Å². The zero-order valence-corrected chi connectivity index (χ0v) is 11.6. The first-order chi connectivity index (χ1) is 8.14. The second kappa shape index (κ2) is 4.33. The van der Waals surface area contributed by atoms with Gasteiger partial charge < -0.3 is 4.90 Å². The van der Waals surface area contributed by atoms with Gasteiger partial charge in [-0.05, 0) is 30.0 Å². The van der Waals surface area contributed by atoms with Crippen molar-refractivity contribution in [2.45, 2.75) is 31.1 Å². The summed E-state index contributed by atoms with van der Waals surface area (Å²) in [5, 5.41) is 0. The minimum absolute atomic E-state index is 0.533. The number of likely N-dealkylation sites (tertiary alicyclic amines) is 1. The lowest BCUT2D eigenvalue weighted by atomic mass is 9.93. The summed E-state index contributed by atoms with van der Waals surface area (Å²) >= 11 is 2.03. The van der Waals surface area contributed by atoms with E-state index in [2.05, 4.69) is 43.0 Å². The van der Waals surface area contributed by atoms with Crippen molar-refractivity contribution in [1.82, 2.24) is 4.90 Å².